The second-order valence-electron chi connectivity index (χ2n) is 31.9. The molecule has 1 aliphatic carbocycles. The van der Waals surface area contributed by atoms with Gasteiger partial charge in [-0.25, -0.2) is 20.2 Å². The first-order chi connectivity index (χ1) is 54.0. The maximum absolute atomic E-state index is 10.0. The van der Waals surface area contributed by atoms with Crippen molar-refractivity contribution in [2.24, 2.45) is 5.41 Å². The number of carbonyl (C=O) groups excluding carboxylic acids is 2. The average Bonchev–Trinajstić information content (AvgIpc) is 1.13. The number of para-hydroxylation sites is 1. The number of benzene rings is 7. The van der Waals surface area contributed by atoms with E-state index in [4.69, 9.17) is 43.1 Å². The van der Waals surface area contributed by atoms with Crippen molar-refractivity contribution < 1.29 is 69.5 Å². The van der Waals surface area contributed by atoms with Crippen molar-refractivity contribution in [3.8, 4) is 45.8 Å². The van der Waals surface area contributed by atoms with Crippen molar-refractivity contribution in [1.29, 1.82) is 10.5 Å². The van der Waals surface area contributed by atoms with Gasteiger partial charge < -0.3 is 34.5 Å². The fourth-order valence-corrected chi connectivity index (χ4v) is 14.0. The van der Waals surface area contributed by atoms with Crippen LogP contribution in [0.15, 0.2) is 264 Å². The summed E-state index contributed by atoms with van der Waals surface area (Å²) in [6, 6.07) is 63.8. The van der Waals surface area contributed by atoms with E-state index in [9.17, 15) is 14.9 Å². The molecule has 7 aromatic carbocycles. The van der Waals surface area contributed by atoms with Crippen LogP contribution in [0.2, 0.25) is 0 Å². The molecule has 0 bridgehead atoms. The molecule has 14 nitrogen and oxygen atoms in total. The summed E-state index contributed by atoms with van der Waals surface area (Å²) in [5.41, 5.74) is 21.9. The summed E-state index contributed by atoms with van der Waals surface area (Å²) >= 11 is 0. The van der Waals surface area contributed by atoms with Gasteiger partial charge in [0, 0.05) is 103 Å². The third-order valence-corrected chi connectivity index (χ3v) is 20.0. The van der Waals surface area contributed by atoms with Crippen molar-refractivity contribution in [2.45, 2.75) is 140 Å². The Hall–Kier alpha value is -11.8. The number of nitrogens with zero attached hydrogens (tertiary/aromatic N) is 8. The monoisotopic (exact) mass is 1890 g/mol. The topological polar surface area (TPSA) is 182 Å². The zero-order chi connectivity index (χ0) is 83.0. The van der Waals surface area contributed by atoms with Crippen LogP contribution in [0.4, 0.5) is 11.4 Å². The fourth-order valence-electron chi connectivity index (χ4n) is 14.0. The second kappa shape index (κ2) is 40.0. The van der Waals surface area contributed by atoms with E-state index in [1.165, 1.54) is 101 Å². The zero-order valence-electron chi connectivity index (χ0n) is 69.4. The number of carbonyl (C=O) groups is 2. The number of aryl methyl sites for hydroxylation is 2. The van der Waals surface area contributed by atoms with Crippen LogP contribution in [-0.4, -0.2) is 58.9 Å². The summed E-state index contributed by atoms with van der Waals surface area (Å²) in [7, 11) is 4.00. The number of nitriles is 2. The Kier molecular flexibility index (Phi) is 31.5. The molecule has 0 fully saturated rings. The normalized spacial score (nSPS) is 15.8. The Bertz CT molecular complexity index is 5570. The summed E-state index contributed by atoms with van der Waals surface area (Å²) < 4.78 is 11.8. The summed E-state index contributed by atoms with van der Waals surface area (Å²) in [5, 5.41) is 38.7. The molecule has 5 aliphatic rings. The number of ether oxygens (including phenoxy) is 2. The van der Waals surface area contributed by atoms with Crippen LogP contribution >= 0.6 is 0 Å². The fraction of sp³-hybridized carbons (Fsp3) is 0.260. The van der Waals surface area contributed by atoms with Gasteiger partial charge in [-0.3, -0.25) is 14.6 Å². The number of anilines is 2. The van der Waals surface area contributed by atoms with Gasteiger partial charge in [0.1, 0.15) is 23.0 Å². The molecule has 6 heterocycles. The van der Waals surface area contributed by atoms with Crippen molar-refractivity contribution in [2.75, 3.05) is 37.0 Å². The molecule has 0 spiro atoms. The number of pyridine rings is 2. The van der Waals surface area contributed by atoms with E-state index in [2.05, 4.69) is 223 Å². The molecule has 0 unspecified atom stereocenters. The van der Waals surface area contributed by atoms with E-state index in [1.54, 1.807) is 25.2 Å². The van der Waals surface area contributed by atoms with Crippen LogP contribution in [0, 0.1) is 67.2 Å². The summed E-state index contributed by atoms with van der Waals surface area (Å²) in [6.07, 6.45) is 21.4. The average molecular weight is 1890 g/mol. The second-order valence-corrected chi connectivity index (χ2v) is 31.9. The van der Waals surface area contributed by atoms with Gasteiger partial charge in [-0.05, 0) is 203 Å². The van der Waals surface area contributed by atoms with Crippen molar-refractivity contribution >= 4 is 56.8 Å². The minimum absolute atomic E-state index is 0. The first-order valence-corrected chi connectivity index (χ1v) is 38.0. The Morgan fingerprint density at radius 3 is 1.72 bits per heavy atom. The molecule has 116 heavy (non-hydrogen) atoms. The molecule has 14 rings (SSSR count). The van der Waals surface area contributed by atoms with E-state index in [1.807, 2.05) is 104 Å². The predicted octanol–water partition coefficient (Wildman–Crippen LogP) is 24.1. The number of rotatable bonds is 9. The van der Waals surface area contributed by atoms with Crippen molar-refractivity contribution in [3.63, 3.8) is 0 Å². The van der Waals surface area contributed by atoms with Crippen LogP contribution in [-0.2, 0) is 75.5 Å². The van der Waals surface area contributed by atoms with Gasteiger partial charge in [-0.1, -0.05) is 190 Å². The van der Waals surface area contributed by atoms with E-state index in [0.717, 1.165) is 82.1 Å². The number of aliphatic hydroxyl groups is 2. The maximum Gasteiger partial charge on any atom is 0.269 e. The first kappa shape index (κ1) is 91.3. The smallest absolute Gasteiger partial charge is 0.269 e. The molecule has 9 aromatic rings. The standard InChI is InChI=1S/C30H35N3O.C24H18N.C19H17N3O.C17H14N.2C5H8O2.2Ir/c1-28(2,3)26-18-21(25(19-31)32-8)17-22(34-26)10-9-20-15-23-27-24(16-20)30(6,7)12-14-33(27)13-11-29(23,4)5;1-24(2)21-10-6-5-9-19(21)20-12-11-17(15-22(20)24)23-18-8-4-3-7-16(18)13-14-25-23;1-14-11-16(19(13-20)21-2)12-18(23-14)10-7-15-5-8-17(9-6-15)22(3)4;1-12-9-13(2)11-15(10-12)17-8-7-14-5-3-4-6-16(14)18-17;2*1-4(6)3-5(2)7;;/h9-10,15-18H,11-14H2,1-7H3;3-10,12-15H,1-2H3;5-12H,1,3-4H3;3-10H,1-2H3;2*3,6H,1-2H3;;/q;-1;;-1;;;;/b10-9+,25-21-;;10-7+,19-16+;;;;;. The van der Waals surface area contributed by atoms with Gasteiger partial charge in [0.25, 0.3) is 11.4 Å². The molecule has 16 heteroatoms. The Balaban J connectivity index is 0.000000205. The minimum Gasteiger partial charge on any atom is -0.512 e. The van der Waals surface area contributed by atoms with Crippen molar-refractivity contribution in [1.82, 2.24) is 9.97 Å². The molecule has 2 radical (unpaired) electrons. The first-order valence-electron chi connectivity index (χ1n) is 38.0. The molecule has 2 N–H and O–H groups in total. The number of ketones is 2. The molecule has 596 valence electrons. The number of hydrogen-bond donors (Lipinski definition) is 2. The van der Waals surface area contributed by atoms with Crippen LogP contribution in [0.1, 0.15) is 154 Å². The molecule has 0 atom stereocenters. The third kappa shape index (κ3) is 23.4. The molecule has 0 saturated carbocycles. The predicted molar refractivity (Wildman–Crippen MR) is 464 cm³/mol. The van der Waals surface area contributed by atoms with E-state index >= 15 is 0 Å². The largest absolute Gasteiger partial charge is 0.512 e. The Morgan fingerprint density at radius 2 is 1.16 bits per heavy atom. The SMILES string of the molecule is CC(=O)C=C(C)O.CC(=O)C=C(C)O.CC1(C)c2ccccc2-c2c[c-]c(-c3nccc4ccccc34)cc21.Cc1[c-]c(-c2ccc3ccccc3n2)cc(C)c1.[C-]#[N+]/C(C#N)=C1C=C(/C=C/c2cc3c4c(c2)C(C)(C)CCN4CCC3(C)C)OC(C(C)(C)C)=C/1.[C-]#[N+]/C(C#N)=C1\C=C(C)OC(/C=C/c2ccc(N(C)C)cc2)=C1.[Ir].[Ir]. The van der Waals surface area contributed by atoms with Crippen LogP contribution in [0.3, 0.4) is 0 Å². The number of aromatic nitrogens is 2. The van der Waals surface area contributed by atoms with Crippen molar-refractivity contribution in [3.05, 3.63) is 343 Å². The van der Waals surface area contributed by atoms with E-state index in [-0.39, 0.29) is 96.3 Å². The molecule has 4 aliphatic heterocycles. The molecule has 0 amide bonds. The van der Waals surface area contributed by atoms with Gasteiger partial charge in [-0.2, -0.15) is 0 Å². The van der Waals surface area contributed by atoms with E-state index in [0.29, 0.717) is 28.4 Å². The number of fused-ring (bicyclic) bond motifs is 5. The van der Waals surface area contributed by atoms with Gasteiger partial charge in [0.15, 0.2) is 11.6 Å². The zero-order valence-corrected chi connectivity index (χ0v) is 74.2. The number of allylic oxidation sites excluding steroid dienone is 16. The quantitative estimate of drug-likeness (QED) is 0.0605. The maximum atomic E-state index is 10.0. The summed E-state index contributed by atoms with van der Waals surface area (Å²) in [5.74, 6) is 2.53. The van der Waals surface area contributed by atoms with Crippen LogP contribution in [0.5, 0.6) is 0 Å². The third-order valence-electron chi connectivity index (χ3n) is 20.0. The number of aliphatic hydroxyl groups excluding tert-OH is 2. The number of hydrogen-bond acceptors (Lipinski definition) is 12. The van der Waals surface area contributed by atoms with Crippen LogP contribution < -0.4 is 9.80 Å². The summed E-state index contributed by atoms with van der Waals surface area (Å²) in [4.78, 5) is 40.7. The molecule has 2 aromatic heterocycles. The molecular formula is C100H100Ir2N8O6-2. The van der Waals surface area contributed by atoms with Gasteiger partial charge in [0.2, 0.25) is 0 Å². The minimum atomic E-state index is -0.241. The molecule has 0 saturated heterocycles. The van der Waals surface area contributed by atoms with E-state index < -0.39 is 0 Å². The molecular weight excluding hydrogens is 1790 g/mol. The van der Waals surface area contributed by atoms with Gasteiger partial charge in [-0.15, -0.1) is 64.2 Å². The Labute approximate surface area is 712 Å². The Morgan fingerprint density at radius 1 is 0.612 bits per heavy atom. The summed E-state index contributed by atoms with van der Waals surface area (Å²) in [6.45, 7) is 48.5. The van der Waals surface area contributed by atoms with Gasteiger partial charge in [0.05, 0.1) is 42.3 Å². The van der Waals surface area contributed by atoms with Gasteiger partial charge >= 0.3 is 0 Å². The van der Waals surface area contributed by atoms with Crippen LogP contribution in [0.25, 0.3) is 77.2 Å².